The maximum Gasteiger partial charge on any atom is 0.295 e. The number of nitrogens with one attached hydrogen (secondary N) is 1. The molecule has 30 heavy (non-hydrogen) atoms. The Kier molecular flexibility index (Phi) is 5.20. The average molecular weight is 408 g/mol. The SMILES string of the molecule is N/C=C\N(N)c1ncc(F)c2c(C(=O)C(=O)N3CCC(c4ccccc4)C3)c[nH]c12. The van der Waals surface area contributed by atoms with Crippen LogP contribution >= 0.6 is 0 Å². The highest BCUT2D eigenvalue weighted by Gasteiger charge is 2.33. The van der Waals surface area contributed by atoms with Gasteiger partial charge in [-0.3, -0.25) is 14.6 Å². The fraction of sp³-hybridized carbons (Fsp3) is 0.190. The first-order chi connectivity index (χ1) is 14.5. The van der Waals surface area contributed by atoms with Crippen LogP contribution in [-0.4, -0.2) is 39.6 Å². The van der Waals surface area contributed by atoms with Crippen LogP contribution in [0.1, 0.15) is 28.3 Å². The van der Waals surface area contributed by atoms with E-state index < -0.39 is 17.5 Å². The number of benzene rings is 1. The number of rotatable bonds is 5. The van der Waals surface area contributed by atoms with Gasteiger partial charge in [0.05, 0.1) is 22.7 Å². The number of Topliss-reactive ketones (excluding diaryl/α,β-unsaturated/α-hetero) is 1. The van der Waals surface area contributed by atoms with Gasteiger partial charge in [-0.2, -0.15) is 0 Å². The molecule has 1 aliphatic heterocycles. The van der Waals surface area contributed by atoms with E-state index in [1.165, 1.54) is 23.5 Å². The lowest BCUT2D eigenvalue weighted by Gasteiger charge is -2.16. The summed E-state index contributed by atoms with van der Waals surface area (Å²) in [5, 5.41) is 1.07. The molecule has 8 nitrogen and oxygen atoms in total. The van der Waals surface area contributed by atoms with Gasteiger partial charge in [0, 0.05) is 37.6 Å². The number of likely N-dealkylation sites (tertiary alicyclic amines) is 1. The molecule has 0 saturated carbocycles. The first-order valence-corrected chi connectivity index (χ1v) is 9.47. The molecular formula is C21H21FN6O2. The van der Waals surface area contributed by atoms with Crippen molar-refractivity contribution in [2.24, 2.45) is 11.6 Å². The molecule has 3 aromatic rings. The third kappa shape index (κ3) is 3.39. The topological polar surface area (TPSA) is 121 Å². The summed E-state index contributed by atoms with van der Waals surface area (Å²) in [7, 11) is 0. The molecule has 0 aliphatic carbocycles. The minimum absolute atomic E-state index is 0.0296. The number of anilines is 1. The molecule has 1 unspecified atom stereocenters. The predicted molar refractivity (Wildman–Crippen MR) is 111 cm³/mol. The van der Waals surface area contributed by atoms with E-state index in [4.69, 9.17) is 11.6 Å². The fourth-order valence-electron chi connectivity index (χ4n) is 3.83. The molecule has 1 amide bonds. The van der Waals surface area contributed by atoms with Crippen molar-refractivity contribution in [2.75, 3.05) is 18.1 Å². The van der Waals surface area contributed by atoms with Gasteiger partial charge in [-0.1, -0.05) is 30.3 Å². The molecule has 2 aromatic heterocycles. The number of H-pyrrole nitrogens is 1. The zero-order chi connectivity index (χ0) is 21.3. The van der Waals surface area contributed by atoms with E-state index in [1.54, 1.807) is 0 Å². The summed E-state index contributed by atoms with van der Waals surface area (Å²) in [6.07, 6.45) is 5.57. The third-order valence-electron chi connectivity index (χ3n) is 5.32. The molecule has 1 saturated heterocycles. The molecule has 1 aromatic carbocycles. The van der Waals surface area contributed by atoms with Gasteiger partial charge in [0.1, 0.15) is 0 Å². The van der Waals surface area contributed by atoms with Crippen molar-refractivity contribution in [1.82, 2.24) is 14.9 Å². The predicted octanol–water partition coefficient (Wildman–Crippen LogP) is 2.01. The number of nitrogens with two attached hydrogens (primary N) is 2. The van der Waals surface area contributed by atoms with Crippen molar-refractivity contribution in [1.29, 1.82) is 0 Å². The number of aromatic nitrogens is 2. The van der Waals surface area contributed by atoms with E-state index in [2.05, 4.69) is 9.97 Å². The third-order valence-corrected chi connectivity index (χ3v) is 5.32. The molecular weight excluding hydrogens is 387 g/mol. The zero-order valence-electron chi connectivity index (χ0n) is 16.1. The van der Waals surface area contributed by atoms with Gasteiger partial charge in [0.15, 0.2) is 11.6 Å². The molecule has 1 aliphatic rings. The number of carbonyl (C=O) groups excluding carboxylic acids is 2. The molecule has 5 N–H and O–H groups in total. The van der Waals surface area contributed by atoms with Crippen molar-refractivity contribution in [3.8, 4) is 0 Å². The standard InChI is InChI=1S/C21H21FN6O2/c22-16-11-26-20(28(24)9-7-23)18-17(16)15(10-25-18)19(29)21(30)27-8-6-14(12-27)13-4-2-1-3-5-13/h1-5,7,9-11,14,25H,6,8,12,23-24H2/b9-7-. The molecule has 154 valence electrons. The summed E-state index contributed by atoms with van der Waals surface area (Å²) < 4.78 is 14.5. The van der Waals surface area contributed by atoms with E-state index in [0.29, 0.717) is 13.1 Å². The summed E-state index contributed by atoms with van der Waals surface area (Å²) in [5.41, 5.74) is 6.62. The number of hydrogen-bond donors (Lipinski definition) is 3. The van der Waals surface area contributed by atoms with Crippen molar-refractivity contribution in [3.05, 3.63) is 72.1 Å². The highest BCUT2D eigenvalue weighted by molar-refractivity contribution is 6.45. The van der Waals surface area contributed by atoms with Gasteiger partial charge in [-0.15, -0.1) is 0 Å². The number of halogens is 1. The number of aromatic amines is 1. The van der Waals surface area contributed by atoms with Crippen LogP contribution in [0.15, 0.2) is 55.1 Å². The number of ketones is 1. The Labute approximate surface area is 171 Å². The zero-order valence-corrected chi connectivity index (χ0v) is 16.1. The Morgan fingerprint density at radius 1 is 1.30 bits per heavy atom. The Balaban J connectivity index is 1.61. The first kappa shape index (κ1) is 19.6. The highest BCUT2D eigenvalue weighted by atomic mass is 19.1. The summed E-state index contributed by atoms with van der Waals surface area (Å²) in [5.74, 6) is 4.03. The molecule has 0 bridgehead atoms. The van der Waals surface area contributed by atoms with Crippen LogP contribution in [-0.2, 0) is 4.79 Å². The van der Waals surface area contributed by atoms with Crippen LogP contribution in [0.4, 0.5) is 10.2 Å². The second-order valence-electron chi connectivity index (χ2n) is 7.11. The Hall–Kier alpha value is -3.72. The van der Waals surface area contributed by atoms with Gasteiger partial charge < -0.3 is 15.6 Å². The van der Waals surface area contributed by atoms with E-state index in [0.717, 1.165) is 23.2 Å². The molecule has 4 rings (SSSR count). The number of fused-ring (bicyclic) bond motifs is 1. The van der Waals surface area contributed by atoms with Crippen LogP contribution in [0, 0.1) is 5.82 Å². The fourth-order valence-corrected chi connectivity index (χ4v) is 3.83. The van der Waals surface area contributed by atoms with Crippen LogP contribution in [0.25, 0.3) is 10.9 Å². The summed E-state index contributed by atoms with van der Waals surface area (Å²) in [6, 6.07) is 9.86. The molecule has 3 heterocycles. The van der Waals surface area contributed by atoms with E-state index in [1.807, 2.05) is 30.3 Å². The van der Waals surface area contributed by atoms with Gasteiger partial charge in [-0.05, 0) is 12.0 Å². The van der Waals surface area contributed by atoms with Crippen molar-refractivity contribution in [2.45, 2.75) is 12.3 Å². The number of carbonyl (C=O) groups is 2. The average Bonchev–Trinajstić information content (AvgIpc) is 3.42. The lowest BCUT2D eigenvalue weighted by Crippen LogP contribution is -2.34. The lowest BCUT2D eigenvalue weighted by atomic mass is 9.99. The number of hydrazine groups is 1. The normalized spacial score (nSPS) is 16.5. The van der Waals surface area contributed by atoms with Crippen molar-refractivity contribution in [3.63, 3.8) is 0 Å². The smallest absolute Gasteiger partial charge is 0.295 e. The van der Waals surface area contributed by atoms with Crippen LogP contribution in [0.3, 0.4) is 0 Å². The van der Waals surface area contributed by atoms with Gasteiger partial charge in [0.25, 0.3) is 11.7 Å². The largest absolute Gasteiger partial charge is 0.403 e. The number of pyridine rings is 1. The molecule has 0 radical (unpaired) electrons. The Bertz CT molecular complexity index is 1130. The summed E-state index contributed by atoms with van der Waals surface area (Å²) in [4.78, 5) is 34.1. The van der Waals surface area contributed by atoms with Gasteiger partial charge >= 0.3 is 0 Å². The Morgan fingerprint density at radius 2 is 2.07 bits per heavy atom. The van der Waals surface area contributed by atoms with Crippen molar-refractivity contribution >= 4 is 28.4 Å². The summed E-state index contributed by atoms with van der Waals surface area (Å²) >= 11 is 0. The number of amides is 1. The lowest BCUT2D eigenvalue weighted by molar-refractivity contribution is -0.125. The van der Waals surface area contributed by atoms with Gasteiger partial charge in [-0.25, -0.2) is 15.2 Å². The maximum atomic E-state index is 14.5. The summed E-state index contributed by atoms with van der Waals surface area (Å²) in [6.45, 7) is 0.920. The first-order valence-electron chi connectivity index (χ1n) is 9.47. The van der Waals surface area contributed by atoms with E-state index in [9.17, 15) is 14.0 Å². The monoisotopic (exact) mass is 408 g/mol. The molecule has 1 atom stereocenters. The molecule has 0 spiro atoms. The van der Waals surface area contributed by atoms with Crippen molar-refractivity contribution < 1.29 is 14.0 Å². The quantitative estimate of drug-likeness (QED) is 0.257. The van der Waals surface area contributed by atoms with Crippen LogP contribution in [0.5, 0.6) is 0 Å². The van der Waals surface area contributed by atoms with Gasteiger partial charge in [0.2, 0.25) is 0 Å². The highest BCUT2D eigenvalue weighted by Crippen LogP contribution is 2.30. The number of hydrogen-bond acceptors (Lipinski definition) is 6. The van der Waals surface area contributed by atoms with Crippen LogP contribution < -0.4 is 16.6 Å². The minimum Gasteiger partial charge on any atom is -0.403 e. The minimum atomic E-state index is -0.774. The maximum absolute atomic E-state index is 14.5. The molecule has 1 fully saturated rings. The van der Waals surface area contributed by atoms with E-state index in [-0.39, 0.29) is 28.2 Å². The Morgan fingerprint density at radius 3 is 2.80 bits per heavy atom. The number of nitrogens with zero attached hydrogens (tertiary/aromatic N) is 3. The second-order valence-corrected chi connectivity index (χ2v) is 7.11. The van der Waals surface area contributed by atoms with Crippen LogP contribution in [0.2, 0.25) is 0 Å². The van der Waals surface area contributed by atoms with E-state index >= 15 is 0 Å². The molecule has 9 heteroatoms. The second kappa shape index (κ2) is 7.96.